The number of carbonyl (C=O) groups excluding carboxylic acids is 1. The lowest BCUT2D eigenvalue weighted by Crippen LogP contribution is -2.11. The van der Waals surface area contributed by atoms with Crippen LogP contribution in [0.1, 0.15) is 32.6 Å². The van der Waals surface area contributed by atoms with Gasteiger partial charge in [-0.15, -0.1) is 0 Å². The second-order valence-electron chi connectivity index (χ2n) is 5.07. The predicted octanol–water partition coefficient (Wildman–Crippen LogP) is 4.32. The fourth-order valence-electron chi connectivity index (χ4n) is 2.57. The molecule has 0 aliphatic heterocycles. The first-order chi connectivity index (χ1) is 9.40. The lowest BCUT2D eigenvalue weighted by Gasteiger charge is -2.11. The molecule has 0 heterocycles. The Balaban J connectivity index is 2.39. The van der Waals surface area contributed by atoms with Crippen molar-refractivity contribution in [3.8, 4) is 0 Å². The van der Waals surface area contributed by atoms with Gasteiger partial charge >= 0.3 is 0 Å². The van der Waals surface area contributed by atoms with Crippen LogP contribution in [-0.2, 0) is 6.42 Å². The zero-order valence-electron chi connectivity index (χ0n) is 11.8. The Bertz CT molecular complexity index is 631. The highest BCUT2D eigenvalue weighted by atomic mass is 19.1. The largest absolute Gasteiger partial charge is 0.294 e. The molecule has 0 saturated heterocycles. The van der Waals surface area contributed by atoms with Crippen molar-refractivity contribution in [2.75, 3.05) is 0 Å². The van der Waals surface area contributed by atoms with Crippen molar-refractivity contribution >= 4 is 5.78 Å². The number of benzene rings is 2. The van der Waals surface area contributed by atoms with Gasteiger partial charge in [0.15, 0.2) is 5.78 Å². The summed E-state index contributed by atoms with van der Waals surface area (Å²) in [5, 5.41) is 0. The maximum Gasteiger partial charge on any atom is 0.167 e. The number of aryl methyl sites for hydroxylation is 3. The Morgan fingerprint density at radius 1 is 1.00 bits per heavy atom. The third-order valence-corrected chi connectivity index (χ3v) is 3.35. The van der Waals surface area contributed by atoms with Gasteiger partial charge in [-0.3, -0.25) is 4.79 Å². The number of rotatable bonds is 3. The molecule has 0 atom stereocenters. The second-order valence-corrected chi connectivity index (χ2v) is 5.07. The van der Waals surface area contributed by atoms with Gasteiger partial charge in [-0.05, 0) is 44.0 Å². The van der Waals surface area contributed by atoms with Crippen molar-refractivity contribution in [3.05, 3.63) is 69.8 Å². The lowest BCUT2D eigenvalue weighted by atomic mass is 9.93. The molecule has 0 amide bonds. The maximum atomic E-state index is 13.6. The van der Waals surface area contributed by atoms with E-state index in [1.54, 1.807) is 0 Å². The first-order valence-corrected chi connectivity index (χ1v) is 6.44. The van der Waals surface area contributed by atoms with Gasteiger partial charge in [0.25, 0.3) is 0 Å². The normalized spacial score (nSPS) is 10.7. The van der Waals surface area contributed by atoms with Crippen LogP contribution in [0.2, 0.25) is 0 Å². The fraction of sp³-hybridized carbons (Fsp3) is 0.235. The van der Waals surface area contributed by atoms with E-state index in [2.05, 4.69) is 0 Å². The quantitative estimate of drug-likeness (QED) is 0.762. The molecule has 0 N–H and O–H groups in total. The van der Waals surface area contributed by atoms with Gasteiger partial charge in [0, 0.05) is 17.5 Å². The van der Waals surface area contributed by atoms with Gasteiger partial charge in [0.1, 0.15) is 11.6 Å². The SMILES string of the molecule is Cc1cc(C)c(C(=O)Cc2c(F)cccc2F)c(C)c1. The van der Waals surface area contributed by atoms with Gasteiger partial charge in [-0.2, -0.15) is 0 Å². The van der Waals surface area contributed by atoms with Gasteiger partial charge in [0.2, 0.25) is 0 Å². The molecule has 1 nitrogen and oxygen atoms in total. The number of carbonyl (C=O) groups is 1. The molecule has 0 saturated carbocycles. The monoisotopic (exact) mass is 274 g/mol. The number of halogens is 2. The standard InChI is InChI=1S/C17H16F2O/c1-10-7-11(2)17(12(3)8-10)16(20)9-13-14(18)5-4-6-15(13)19/h4-8H,9H2,1-3H3. The van der Waals surface area contributed by atoms with Gasteiger partial charge in [-0.25, -0.2) is 8.78 Å². The molecule has 2 rings (SSSR count). The minimum atomic E-state index is -0.680. The number of Topliss-reactive ketones (excluding diaryl/α,β-unsaturated/α-hetero) is 1. The Hall–Kier alpha value is -2.03. The average Bonchev–Trinajstić information content (AvgIpc) is 2.32. The highest BCUT2D eigenvalue weighted by Crippen LogP contribution is 2.21. The molecule has 0 spiro atoms. The summed E-state index contributed by atoms with van der Waals surface area (Å²) in [6.07, 6.45) is -0.261. The maximum absolute atomic E-state index is 13.6. The van der Waals surface area contributed by atoms with Crippen LogP contribution in [0.3, 0.4) is 0 Å². The van der Waals surface area contributed by atoms with Crippen molar-refractivity contribution in [1.29, 1.82) is 0 Å². The Morgan fingerprint density at radius 3 is 2.00 bits per heavy atom. The topological polar surface area (TPSA) is 17.1 Å². The van der Waals surface area contributed by atoms with Crippen molar-refractivity contribution in [2.45, 2.75) is 27.2 Å². The summed E-state index contributed by atoms with van der Waals surface area (Å²) in [7, 11) is 0. The van der Waals surface area contributed by atoms with Crippen LogP contribution in [0.5, 0.6) is 0 Å². The number of ketones is 1. The molecule has 0 unspecified atom stereocenters. The molecule has 0 radical (unpaired) electrons. The van der Waals surface area contributed by atoms with Crippen molar-refractivity contribution in [2.24, 2.45) is 0 Å². The molecule has 0 aliphatic rings. The summed E-state index contributed by atoms with van der Waals surface area (Å²) in [5.41, 5.74) is 3.12. The summed E-state index contributed by atoms with van der Waals surface area (Å²) < 4.78 is 27.2. The van der Waals surface area contributed by atoms with Crippen LogP contribution in [0.15, 0.2) is 30.3 Å². The predicted molar refractivity (Wildman–Crippen MR) is 75.0 cm³/mol. The summed E-state index contributed by atoms with van der Waals surface area (Å²) in [4.78, 5) is 12.3. The first-order valence-electron chi connectivity index (χ1n) is 6.44. The zero-order chi connectivity index (χ0) is 14.9. The summed E-state index contributed by atoms with van der Waals surface area (Å²) in [6.45, 7) is 5.63. The van der Waals surface area contributed by atoms with E-state index in [0.29, 0.717) is 5.56 Å². The lowest BCUT2D eigenvalue weighted by molar-refractivity contribution is 0.0989. The number of hydrogen-bond donors (Lipinski definition) is 0. The molecule has 0 aromatic heterocycles. The molecular weight excluding hydrogens is 258 g/mol. The zero-order valence-corrected chi connectivity index (χ0v) is 11.8. The third kappa shape index (κ3) is 2.77. The molecule has 0 bridgehead atoms. The van der Waals surface area contributed by atoms with Crippen molar-refractivity contribution < 1.29 is 13.6 Å². The van der Waals surface area contributed by atoms with Crippen LogP contribution in [0.25, 0.3) is 0 Å². The molecule has 2 aromatic rings. The van der Waals surface area contributed by atoms with Gasteiger partial charge < -0.3 is 0 Å². The Labute approximate surface area is 117 Å². The van der Waals surface area contributed by atoms with Crippen LogP contribution in [-0.4, -0.2) is 5.78 Å². The molecule has 2 aromatic carbocycles. The van der Waals surface area contributed by atoms with Gasteiger partial charge in [-0.1, -0.05) is 23.8 Å². The van der Waals surface area contributed by atoms with E-state index in [1.807, 2.05) is 32.9 Å². The third-order valence-electron chi connectivity index (χ3n) is 3.35. The molecule has 0 fully saturated rings. The van der Waals surface area contributed by atoms with E-state index in [-0.39, 0.29) is 17.8 Å². The Morgan fingerprint density at radius 2 is 1.50 bits per heavy atom. The summed E-state index contributed by atoms with van der Waals surface area (Å²) in [6, 6.07) is 7.43. The van der Waals surface area contributed by atoms with E-state index in [0.717, 1.165) is 16.7 Å². The highest BCUT2D eigenvalue weighted by molar-refractivity contribution is 6.00. The fourth-order valence-corrected chi connectivity index (χ4v) is 2.57. The molecule has 20 heavy (non-hydrogen) atoms. The van der Waals surface area contributed by atoms with Crippen molar-refractivity contribution in [1.82, 2.24) is 0 Å². The minimum Gasteiger partial charge on any atom is -0.294 e. The van der Waals surface area contributed by atoms with E-state index < -0.39 is 11.6 Å². The van der Waals surface area contributed by atoms with Gasteiger partial charge in [0.05, 0.1) is 0 Å². The van der Waals surface area contributed by atoms with Crippen LogP contribution < -0.4 is 0 Å². The van der Waals surface area contributed by atoms with E-state index in [1.165, 1.54) is 18.2 Å². The van der Waals surface area contributed by atoms with E-state index in [4.69, 9.17) is 0 Å². The molecule has 3 heteroatoms. The first kappa shape index (κ1) is 14.4. The van der Waals surface area contributed by atoms with Crippen LogP contribution in [0.4, 0.5) is 8.78 Å². The summed E-state index contributed by atoms with van der Waals surface area (Å²) in [5.74, 6) is -1.62. The second kappa shape index (κ2) is 5.53. The number of hydrogen-bond acceptors (Lipinski definition) is 1. The Kier molecular flexibility index (Phi) is 3.98. The minimum absolute atomic E-state index is 0.170. The van der Waals surface area contributed by atoms with Crippen LogP contribution >= 0.6 is 0 Å². The highest BCUT2D eigenvalue weighted by Gasteiger charge is 2.17. The molecular formula is C17H16F2O. The van der Waals surface area contributed by atoms with E-state index in [9.17, 15) is 13.6 Å². The average molecular weight is 274 g/mol. The summed E-state index contributed by atoms with van der Waals surface area (Å²) >= 11 is 0. The molecule has 104 valence electrons. The van der Waals surface area contributed by atoms with Crippen LogP contribution in [0, 0.1) is 32.4 Å². The smallest absolute Gasteiger partial charge is 0.167 e. The van der Waals surface area contributed by atoms with E-state index >= 15 is 0 Å². The van der Waals surface area contributed by atoms with Crippen molar-refractivity contribution in [3.63, 3.8) is 0 Å². The molecule has 0 aliphatic carbocycles.